The highest BCUT2D eigenvalue weighted by atomic mass is 32.1. The molecule has 0 unspecified atom stereocenters. The van der Waals surface area contributed by atoms with E-state index in [0.29, 0.717) is 13.1 Å². The first-order chi connectivity index (χ1) is 12.2. The van der Waals surface area contributed by atoms with Crippen molar-refractivity contribution in [1.29, 1.82) is 0 Å². The van der Waals surface area contributed by atoms with Crippen LogP contribution in [0.2, 0.25) is 0 Å². The minimum absolute atomic E-state index is 0.0702. The van der Waals surface area contributed by atoms with Gasteiger partial charge in [0.15, 0.2) is 0 Å². The number of amides is 1. The van der Waals surface area contributed by atoms with Crippen molar-refractivity contribution in [1.82, 2.24) is 10.2 Å². The lowest BCUT2D eigenvalue weighted by Gasteiger charge is -2.29. The number of piperidine rings is 1. The molecule has 3 rings (SSSR count). The first-order valence-corrected chi connectivity index (χ1v) is 9.90. The molecule has 134 valence electrons. The van der Waals surface area contributed by atoms with Gasteiger partial charge in [-0.05, 0) is 55.5 Å². The lowest BCUT2D eigenvalue weighted by atomic mass is 10.1. The standard InChI is InChI=1S/C20H27N3OS/c1-22(16-20(24)21-14-19-6-5-13-25-19)15-17-7-9-18(10-8-17)23-11-3-2-4-12-23/h5-10,13H,2-4,11-12,14-16H2,1H3,(H,21,24). The molecule has 2 aromatic rings. The minimum atomic E-state index is 0.0702. The van der Waals surface area contributed by atoms with Crippen molar-refractivity contribution in [2.75, 3.05) is 31.6 Å². The summed E-state index contributed by atoms with van der Waals surface area (Å²) >= 11 is 1.67. The molecule has 1 aromatic heterocycles. The van der Waals surface area contributed by atoms with Crippen molar-refractivity contribution in [2.24, 2.45) is 0 Å². The molecule has 1 aliphatic rings. The maximum Gasteiger partial charge on any atom is 0.234 e. The Morgan fingerprint density at radius 2 is 1.92 bits per heavy atom. The number of carbonyl (C=O) groups excluding carboxylic acids is 1. The molecule has 2 heterocycles. The zero-order valence-corrected chi connectivity index (χ0v) is 15.7. The molecule has 1 saturated heterocycles. The topological polar surface area (TPSA) is 35.6 Å². The van der Waals surface area contributed by atoms with E-state index in [1.807, 2.05) is 24.6 Å². The molecule has 1 N–H and O–H groups in total. The summed E-state index contributed by atoms with van der Waals surface area (Å²) in [7, 11) is 1.99. The lowest BCUT2D eigenvalue weighted by molar-refractivity contribution is -0.122. The maximum absolute atomic E-state index is 12.0. The number of hydrogen-bond acceptors (Lipinski definition) is 4. The van der Waals surface area contributed by atoms with Crippen molar-refractivity contribution in [3.05, 3.63) is 52.2 Å². The van der Waals surface area contributed by atoms with Gasteiger partial charge in [-0.25, -0.2) is 0 Å². The van der Waals surface area contributed by atoms with Gasteiger partial charge in [-0.15, -0.1) is 11.3 Å². The number of nitrogens with zero attached hydrogens (tertiary/aromatic N) is 2. The number of thiophene rings is 1. The van der Waals surface area contributed by atoms with Crippen LogP contribution in [0.5, 0.6) is 0 Å². The van der Waals surface area contributed by atoms with Crippen LogP contribution in [-0.2, 0) is 17.9 Å². The highest BCUT2D eigenvalue weighted by Crippen LogP contribution is 2.20. The van der Waals surface area contributed by atoms with E-state index in [0.717, 1.165) is 6.54 Å². The third-order valence-corrected chi connectivity index (χ3v) is 5.44. The third-order valence-electron chi connectivity index (χ3n) is 4.56. The second-order valence-electron chi connectivity index (χ2n) is 6.74. The van der Waals surface area contributed by atoms with Crippen LogP contribution in [0.3, 0.4) is 0 Å². The predicted octanol–water partition coefficient (Wildman–Crippen LogP) is 3.49. The Morgan fingerprint density at radius 1 is 1.16 bits per heavy atom. The summed E-state index contributed by atoms with van der Waals surface area (Å²) in [5.41, 5.74) is 2.56. The van der Waals surface area contributed by atoms with E-state index < -0.39 is 0 Å². The monoisotopic (exact) mass is 357 g/mol. The fourth-order valence-corrected chi connectivity index (χ4v) is 3.88. The largest absolute Gasteiger partial charge is 0.372 e. The van der Waals surface area contributed by atoms with Crippen LogP contribution < -0.4 is 10.2 Å². The number of benzene rings is 1. The molecule has 1 fully saturated rings. The molecule has 5 heteroatoms. The molecule has 1 aliphatic heterocycles. The highest BCUT2D eigenvalue weighted by molar-refractivity contribution is 7.09. The van der Waals surface area contributed by atoms with Crippen LogP contribution in [0.4, 0.5) is 5.69 Å². The molecule has 0 radical (unpaired) electrons. The Bertz CT molecular complexity index is 648. The Hall–Kier alpha value is -1.85. The first kappa shape index (κ1) is 18.0. The van der Waals surface area contributed by atoms with Gasteiger partial charge in [-0.3, -0.25) is 9.69 Å². The second-order valence-corrected chi connectivity index (χ2v) is 7.77. The molecule has 0 atom stereocenters. The van der Waals surface area contributed by atoms with Crippen molar-refractivity contribution >= 4 is 22.9 Å². The Balaban J connectivity index is 1.43. The van der Waals surface area contributed by atoms with E-state index >= 15 is 0 Å². The maximum atomic E-state index is 12.0. The summed E-state index contributed by atoms with van der Waals surface area (Å²) < 4.78 is 0. The van der Waals surface area contributed by atoms with Crippen molar-refractivity contribution < 1.29 is 4.79 Å². The molecule has 0 saturated carbocycles. The van der Waals surface area contributed by atoms with E-state index in [4.69, 9.17) is 0 Å². The van der Waals surface area contributed by atoms with Crippen LogP contribution >= 0.6 is 11.3 Å². The summed E-state index contributed by atoms with van der Waals surface area (Å²) in [4.78, 5) is 17.8. The molecular weight excluding hydrogens is 330 g/mol. The highest BCUT2D eigenvalue weighted by Gasteiger charge is 2.11. The Kier molecular flexibility index (Phi) is 6.48. The van der Waals surface area contributed by atoms with Gasteiger partial charge in [0.25, 0.3) is 0 Å². The number of carbonyl (C=O) groups is 1. The first-order valence-electron chi connectivity index (χ1n) is 9.02. The van der Waals surface area contributed by atoms with Crippen LogP contribution in [-0.4, -0.2) is 37.5 Å². The molecular formula is C20H27N3OS. The molecule has 1 amide bonds. The van der Waals surface area contributed by atoms with Crippen LogP contribution in [0.15, 0.2) is 41.8 Å². The fourth-order valence-electron chi connectivity index (χ4n) is 3.23. The lowest BCUT2D eigenvalue weighted by Crippen LogP contribution is -2.34. The number of likely N-dealkylation sites (N-methyl/N-ethyl adjacent to an activating group) is 1. The predicted molar refractivity (Wildman–Crippen MR) is 105 cm³/mol. The minimum Gasteiger partial charge on any atom is -0.372 e. The van der Waals surface area contributed by atoms with Gasteiger partial charge in [-0.2, -0.15) is 0 Å². The van der Waals surface area contributed by atoms with Gasteiger partial charge in [0.2, 0.25) is 5.91 Å². The van der Waals surface area contributed by atoms with Crippen LogP contribution in [0.1, 0.15) is 29.7 Å². The van der Waals surface area contributed by atoms with Gasteiger partial charge in [0.1, 0.15) is 0 Å². The molecule has 0 bridgehead atoms. The van der Waals surface area contributed by atoms with Gasteiger partial charge in [0, 0.05) is 30.2 Å². The SMILES string of the molecule is CN(CC(=O)NCc1cccs1)Cc1ccc(N2CCCCC2)cc1. The van der Waals surface area contributed by atoms with Gasteiger partial charge in [0.05, 0.1) is 13.1 Å². The fraction of sp³-hybridized carbons (Fsp3) is 0.450. The van der Waals surface area contributed by atoms with Gasteiger partial charge >= 0.3 is 0 Å². The molecule has 0 aliphatic carbocycles. The van der Waals surface area contributed by atoms with Gasteiger partial charge < -0.3 is 10.2 Å². The molecule has 0 spiro atoms. The summed E-state index contributed by atoms with van der Waals surface area (Å²) in [6.45, 7) is 4.16. The Labute approximate surface area is 154 Å². The van der Waals surface area contributed by atoms with E-state index in [-0.39, 0.29) is 5.91 Å². The van der Waals surface area contributed by atoms with Crippen LogP contribution in [0.25, 0.3) is 0 Å². The third kappa shape index (κ3) is 5.58. The number of anilines is 1. The summed E-state index contributed by atoms with van der Waals surface area (Å²) in [6, 6.07) is 12.8. The van der Waals surface area contributed by atoms with Gasteiger partial charge in [-0.1, -0.05) is 18.2 Å². The molecule has 25 heavy (non-hydrogen) atoms. The zero-order valence-electron chi connectivity index (χ0n) is 14.9. The zero-order chi connectivity index (χ0) is 17.5. The van der Waals surface area contributed by atoms with E-state index in [9.17, 15) is 4.79 Å². The Morgan fingerprint density at radius 3 is 2.60 bits per heavy atom. The number of hydrogen-bond donors (Lipinski definition) is 1. The average Bonchev–Trinajstić information content (AvgIpc) is 3.15. The average molecular weight is 358 g/mol. The van der Waals surface area contributed by atoms with Crippen molar-refractivity contribution in [3.63, 3.8) is 0 Å². The van der Waals surface area contributed by atoms with Crippen molar-refractivity contribution in [3.8, 4) is 0 Å². The van der Waals surface area contributed by atoms with E-state index in [2.05, 4.69) is 39.4 Å². The normalized spacial score (nSPS) is 14.7. The molecule has 4 nitrogen and oxygen atoms in total. The molecule has 1 aromatic carbocycles. The van der Waals surface area contributed by atoms with E-state index in [1.54, 1.807) is 11.3 Å². The number of nitrogens with one attached hydrogen (secondary N) is 1. The second kappa shape index (κ2) is 9.02. The van der Waals surface area contributed by atoms with Crippen molar-refractivity contribution in [2.45, 2.75) is 32.4 Å². The van der Waals surface area contributed by atoms with Crippen LogP contribution in [0, 0.1) is 0 Å². The summed E-state index contributed by atoms with van der Waals surface area (Å²) in [5, 5.41) is 5.01. The quantitative estimate of drug-likeness (QED) is 0.824. The summed E-state index contributed by atoms with van der Waals surface area (Å²) in [5.74, 6) is 0.0702. The van der Waals surface area contributed by atoms with E-state index in [1.165, 1.54) is 48.5 Å². The smallest absolute Gasteiger partial charge is 0.234 e. The number of rotatable bonds is 7. The summed E-state index contributed by atoms with van der Waals surface area (Å²) in [6.07, 6.45) is 3.95.